The lowest BCUT2D eigenvalue weighted by molar-refractivity contribution is -0.0512. The summed E-state index contributed by atoms with van der Waals surface area (Å²) < 4.78 is 35.4. The van der Waals surface area contributed by atoms with Gasteiger partial charge in [0.2, 0.25) is 0 Å². The molecule has 0 spiro atoms. The first kappa shape index (κ1) is 17.7. The number of rotatable bonds is 5. The maximum Gasteiger partial charge on any atom is 0.387 e. The van der Waals surface area contributed by atoms with Crippen molar-refractivity contribution < 1.29 is 23.0 Å². The predicted molar refractivity (Wildman–Crippen MR) is 89.4 cm³/mol. The zero-order chi connectivity index (χ0) is 17.0. The number of nitrogens with one attached hydrogen (secondary N) is 1. The van der Waals surface area contributed by atoms with E-state index in [1.165, 1.54) is 25.3 Å². The third-order valence-electron chi connectivity index (χ3n) is 2.82. The molecule has 0 aliphatic carbocycles. The molecule has 0 radical (unpaired) electrons. The van der Waals surface area contributed by atoms with E-state index in [0.717, 1.165) is 4.47 Å². The fraction of sp³-hybridized carbons (Fsp3) is 0.133. The number of hydrogen-bond acceptors (Lipinski definition) is 3. The van der Waals surface area contributed by atoms with Crippen molar-refractivity contribution in [2.75, 3.05) is 12.4 Å². The summed E-state index contributed by atoms with van der Waals surface area (Å²) in [5.74, 6) is -0.494. The molecule has 0 fully saturated rings. The highest BCUT2D eigenvalue weighted by molar-refractivity contribution is 9.11. The van der Waals surface area contributed by atoms with E-state index < -0.39 is 12.5 Å². The van der Waals surface area contributed by atoms with Gasteiger partial charge in [0.25, 0.3) is 5.91 Å². The van der Waals surface area contributed by atoms with E-state index in [4.69, 9.17) is 4.74 Å². The Balaban J connectivity index is 2.22. The maximum absolute atomic E-state index is 12.3. The molecule has 122 valence electrons. The first-order valence-electron chi connectivity index (χ1n) is 6.30. The zero-order valence-corrected chi connectivity index (χ0v) is 15.0. The summed E-state index contributed by atoms with van der Waals surface area (Å²) in [6.07, 6.45) is 0. The molecule has 2 rings (SSSR count). The van der Waals surface area contributed by atoms with E-state index in [1.807, 2.05) is 0 Å². The molecule has 2 aromatic carbocycles. The van der Waals surface area contributed by atoms with Gasteiger partial charge >= 0.3 is 6.61 Å². The molecular formula is C15H11Br2F2NO3. The largest absolute Gasteiger partial charge is 0.493 e. The zero-order valence-electron chi connectivity index (χ0n) is 11.8. The summed E-state index contributed by atoms with van der Waals surface area (Å²) in [4.78, 5) is 12.3. The molecule has 8 heteroatoms. The van der Waals surface area contributed by atoms with Crippen molar-refractivity contribution in [2.45, 2.75) is 6.61 Å². The van der Waals surface area contributed by atoms with Gasteiger partial charge < -0.3 is 14.8 Å². The number of halogens is 4. The van der Waals surface area contributed by atoms with Gasteiger partial charge in [-0.2, -0.15) is 8.78 Å². The van der Waals surface area contributed by atoms with Crippen molar-refractivity contribution >= 4 is 43.5 Å². The molecule has 23 heavy (non-hydrogen) atoms. The average molecular weight is 451 g/mol. The maximum atomic E-state index is 12.3. The Morgan fingerprint density at radius 2 is 1.87 bits per heavy atom. The first-order valence-corrected chi connectivity index (χ1v) is 7.88. The molecule has 1 N–H and O–H groups in total. The lowest BCUT2D eigenvalue weighted by Gasteiger charge is -2.12. The summed E-state index contributed by atoms with van der Waals surface area (Å²) >= 11 is 6.66. The van der Waals surface area contributed by atoms with Crippen LogP contribution in [-0.2, 0) is 0 Å². The third-order valence-corrected chi connectivity index (χ3v) is 3.97. The van der Waals surface area contributed by atoms with Crippen molar-refractivity contribution in [2.24, 2.45) is 0 Å². The second kappa shape index (κ2) is 7.74. The van der Waals surface area contributed by atoms with E-state index in [2.05, 4.69) is 41.9 Å². The van der Waals surface area contributed by atoms with Crippen molar-refractivity contribution in [3.8, 4) is 11.5 Å². The van der Waals surface area contributed by atoms with Gasteiger partial charge in [-0.15, -0.1) is 0 Å². The second-order valence-electron chi connectivity index (χ2n) is 4.32. The van der Waals surface area contributed by atoms with E-state index in [0.29, 0.717) is 10.2 Å². The molecule has 0 aliphatic heterocycles. The number of amides is 1. The Kier molecular flexibility index (Phi) is 5.95. The standard InChI is InChI=1S/C15H11Br2F2NO3/c1-22-13-6-8(2-5-12(13)23-15(18)19)14(21)20-11-4-3-9(16)7-10(11)17/h2-7,15H,1H3,(H,20,21). The topological polar surface area (TPSA) is 47.6 Å². The Bertz CT molecular complexity index is 726. The molecule has 0 saturated heterocycles. The highest BCUT2D eigenvalue weighted by Crippen LogP contribution is 2.31. The van der Waals surface area contributed by atoms with Crippen molar-refractivity contribution in [1.82, 2.24) is 0 Å². The molecule has 0 aromatic heterocycles. The van der Waals surface area contributed by atoms with Gasteiger partial charge in [0.15, 0.2) is 11.5 Å². The van der Waals surface area contributed by atoms with Crippen LogP contribution >= 0.6 is 31.9 Å². The smallest absolute Gasteiger partial charge is 0.387 e. The van der Waals surface area contributed by atoms with Crippen LogP contribution in [0.25, 0.3) is 0 Å². The van der Waals surface area contributed by atoms with Crippen LogP contribution in [0.15, 0.2) is 45.3 Å². The molecule has 1 amide bonds. The normalized spacial score (nSPS) is 10.5. The van der Waals surface area contributed by atoms with E-state index in [1.54, 1.807) is 18.2 Å². The highest BCUT2D eigenvalue weighted by Gasteiger charge is 2.15. The van der Waals surface area contributed by atoms with Gasteiger partial charge in [-0.3, -0.25) is 4.79 Å². The number of alkyl halides is 2. The predicted octanol–water partition coefficient (Wildman–Crippen LogP) is 5.07. The van der Waals surface area contributed by atoms with Crippen LogP contribution in [0.3, 0.4) is 0 Å². The van der Waals surface area contributed by atoms with E-state index in [9.17, 15) is 13.6 Å². The minimum atomic E-state index is -2.97. The number of hydrogen-bond donors (Lipinski definition) is 1. The van der Waals surface area contributed by atoms with E-state index in [-0.39, 0.29) is 17.1 Å². The number of benzene rings is 2. The second-order valence-corrected chi connectivity index (χ2v) is 6.09. The SMILES string of the molecule is COc1cc(C(=O)Nc2ccc(Br)cc2Br)ccc1OC(F)F. The molecule has 0 heterocycles. The Morgan fingerprint density at radius 3 is 2.48 bits per heavy atom. The lowest BCUT2D eigenvalue weighted by atomic mass is 10.2. The van der Waals surface area contributed by atoms with Crippen molar-refractivity contribution in [3.63, 3.8) is 0 Å². The van der Waals surface area contributed by atoms with Crippen LogP contribution < -0.4 is 14.8 Å². The van der Waals surface area contributed by atoms with E-state index >= 15 is 0 Å². The fourth-order valence-corrected chi connectivity index (χ4v) is 2.93. The van der Waals surface area contributed by atoms with Gasteiger partial charge in [0.05, 0.1) is 12.8 Å². The van der Waals surface area contributed by atoms with Crippen molar-refractivity contribution in [1.29, 1.82) is 0 Å². The first-order chi connectivity index (χ1) is 10.9. The Hall–Kier alpha value is -1.67. The minimum absolute atomic E-state index is 0.0489. The van der Waals surface area contributed by atoms with Crippen LogP contribution in [0.4, 0.5) is 14.5 Å². The molecule has 4 nitrogen and oxygen atoms in total. The van der Waals surface area contributed by atoms with Gasteiger partial charge in [-0.05, 0) is 52.3 Å². The molecule has 2 aromatic rings. The van der Waals surface area contributed by atoms with Crippen LogP contribution in [0.1, 0.15) is 10.4 Å². The monoisotopic (exact) mass is 449 g/mol. The summed E-state index contributed by atoms with van der Waals surface area (Å²) in [6, 6.07) is 9.26. The molecule has 0 aliphatic rings. The summed E-state index contributed by atoms with van der Waals surface area (Å²) in [6.45, 7) is -2.97. The average Bonchev–Trinajstić information content (AvgIpc) is 2.49. The lowest BCUT2D eigenvalue weighted by Crippen LogP contribution is -2.13. The fourth-order valence-electron chi connectivity index (χ4n) is 1.79. The van der Waals surface area contributed by atoms with Crippen LogP contribution in [0.2, 0.25) is 0 Å². The van der Waals surface area contributed by atoms with Gasteiger partial charge in [-0.25, -0.2) is 0 Å². The highest BCUT2D eigenvalue weighted by atomic mass is 79.9. The number of carbonyl (C=O) groups is 1. The molecule has 0 unspecified atom stereocenters. The van der Waals surface area contributed by atoms with Crippen molar-refractivity contribution in [3.05, 3.63) is 50.9 Å². The number of carbonyl (C=O) groups excluding carboxylic acids is 1. The van der Waals surface area contributed by atoms with Gasteiger partial charge in [-0.1, -0.05) is 15.9 Å². The Labute approximate surface area is 148 Å². The Morgan fingerprint density at radius 1 is 1.13 bits per heavy atom. The van der Waals surface area contributed by atoms with Gasteiger partial charge in [0, 0.05) is 14.5 Å². The summed E-state index contributed by atoms with van der Waals surface area (Å²) in [7, 11) is 1.31. The summed E-state index contributed by atoms with van der Waals surface area (Å²) in [5.41, 5.74) is 0.823. The van der Waals surface area contributed by atoms with Crippen LogP contribution in [0, 0.1) is 0 Å². The molecular weight excluding hydrogens is 440 g/mol. The molecule has 0 bridgehead atoms. The summed E-state index contributed by atoms with van der Waals surface area (Å²) in [5, 5.41) is 2.71. The van der Waals surface area contributed by atoms with Crippen LogP contribution in [0.5, 0.6) is 11.5 Å². The number of methoxy groups -OCH3 is 1. The quantitative estimate of drug-likeness (QED) is 0.691. The molecule has 0 saturated carbocycles. The molecule has 0 atom stereocenters. The minimum Gasteiger partial charge on any atom is -0.493 e. The van der Waals surface area contributed by atoms with Crippen LogP contribution in [-0.4, -0.2) is 19.6 Å². The number of anilines is 1. The number of ether oxygens (including phenoxy) is 2. The third kappa shape index (κ3) is 4.65. The van der Waals surface area contributed by atoms with Gasteiger partial charge in [0.1, 0.15) is 0 Å².